The normalized spacial score (nSPS) is 15.6. The summed E-state index contributed by atoms with van der Waals surface area (Å²) in [5.74, 6) is -0.731. The summed E-state index contributed by atoms with van der Waals surface area (Å²) < 4.78 is 36.5. The van der Waals surface area contributed by atoms with Crippen molar-refractivity contribution < 1.29 is 28.5 Å². The number of aromatic hydroxyl groups is 2. The van der Waals surface area contributed by atoms with Crippen LogP contribution in [0.15, 0.2) is 18.2 Å². The van der Waals surface area contributed by atoms with E-state index in [2.05, 4.69) is 0 Å². The molecular weight excluding hydrogens is 239 g/mol. The summed E-state index contributed by atoms with van der Waals surface area (Å²) in [7, 11) is 0. The molecule has 0 amide bonds. The second-order valence-corrected chi connectivity index (χ2v) is 3.64. The van der Waals surface area contributed by atoms with Crippen LogP contribution >= 0.6 is 0 Å². The van der Waals surface area contributed by atoms with E-state index in [1.165, 1.54) is 0 Å². The summed E-state index contributed by atoms with van der Waals surface area (Å²) in [5.41, 5.74) is 4.74. The van der Waals surface area contributed by atoms with Crippen LogP contribution in [-0.4, -0.2) is 27.5 Å². The van der Waals surface area contributed by atoms with Crippen LogP contribution in [0.5, 0.6) is 11.5 Å². The third-order valence-electron chi connectivity index (χ3n) is 2.27. The molecule has 2 atom stereocenters. The molecule has 7 heteroatoms. The predicted octanol–water partition coefficient (Wildman–Crippen LogP) is 1.41. The number of halogens is 3. The Bertz CT molecular complexity index is 395. The molecule has 1 aromatic rings. The van der Waals surface area contributed by atoms with Gasteiger partial charge in [-0.1, -0.05) is 0 Å². The lowest BCUT2D eigenvalue weighted by atomic mass is 10.0. The molecule has 0 fully saturated rings. The van der Waals surface area contributed by atoms with Gasteiger partial charge < -0.3 is 21.1 Å². The van der Waals surface area contributed by atoms with Crippen molar-refractivity contribution in [2.75, 3.05) is 0 Å². The molecule has 0 heterocycles. The number of hydrogen-bond acceptors (Lipinski definition) is 4. The van der Waals surface area contributed by atoms with Crippen molar-refractivity contribution in [3.05, 3.63) is 23.8 Å². The van der Waals surface area contributed by atoms with Crippen molar-refractivity contribution in [3.63, 3.8) is 0 Å². The van der Waals surface area contributed by atoms with E-state index in [0.29, 0.717) is 0 Å². The van der Waals surface area contributed by atoms with Crippen LogP contribution < -0.4 is 5.73 Å². The second-order valence-electron chi connectivity index (χ2n) is 3.64. The number of alkyl halides is 3. The minimum Gasteiger partial charge on any atom is -0.508 e. The van der Waals surface area contributed by atoms with Crippen molar-refractivity contribution >= 4 is 0 Å². The van der Waals surface area contributed by atoms with E-state index in [4.69, 9.17) is 10.8 Å². The summed E-state index contributed by atoms with van der Waals surface area (Å²) in [6, 6.07) is 1.04. The molecule has 0 unspecified atom stereocenters. The van der Waals surface area contributed by atoms with Gasteiger partial charge in [-0.25, -0.2) is 0 Å². The van der Waals surface area contributed by atoms with E-state index in [9.17, 15) is 23.4 Å². The zero-order valence-corrected chi connectivity index (χ0v) is 8.65. The lowest BCUT2D eigenvalue weighted by molar-refractivity contribution is -0.153. The molecule has 0 aliphatic carbocycles. The van der Waals surface area contributed by atoms with Gasteiger partial charge in [-0.05, 0) is 12.1 Å². The van der Waals surface area contributed by atoms with E-state index in [1.807, 2.05) is 0 Å². The number of phenolic OH excluding ortho intramolecular Hbond substituents is 2. The number of benzene rings is 1. The fourth-order valence-corrected chi connectivity index (χ4v) is 1.31. The van der Waals surface area contributed by atoms with Gasteiger partial charge in [0.25, 0.3) is 0 Å². The first-order valence-electron chi connectivity index (χ1n) is 4.74. The van der Waals surface area contributed by atoms with Crippen LogP contribution in [0.1, 0.15) is 18.1 Å². The number of rotatable bonds is 3. The fraction of sp³-hybridized carbons (Fsp3) is 0.400. The van der Waals surface area contributed by atoms with Crippen molar-refractivity contribution in [2.45, 2.75) is 24.7 Å². The molecule has 5 N–H and O–H groups in total. The number of nitrogens with two attached hydrogens (primary N) is 1. The quantitative estimate of drug-likeness (QED) is 0.654. The van der Waals surface area contributed by atoms with Crippen molar-refractivity contribution in [3.8, 4) is 11.5 Å². The fourth-order valence-electron chi connectivity index (χ4n) is 1.31. The van der Waals surface area contributed by atoms with E-state index >= 15 is 0 Å². The molecule has 0 aromatic heterocycles. The highest BCUT2D eigenvalue weighted by atomic mass is 19.4. The maximum Gasteiger partial charge on any atom is 0.403 e. The Morgan fingerprint density at radius 1 is 1.24 bits per heavy atom. The topological polar surface area (TPSA) is 86.7 Å². The van der Waals surface area contributed by atoms with Gasteiger partial charge >= 0.3 is 6.18 Å². The molecule has 1 rings (SSSR count). The third-order valence-corrected chi connectivity index (χ3v) is 2.27. The second kappa shape index (κ2) is 4.80. The summed E-state index contributed by atoms with van der Waals surface area (Å²) in [6.45, 7) is 0. The number of aliphatic hydroxyl groups is 1. The van der Waals surface area contributed by atoms with Crippen LogP contribution in [0.4, 0.5) is 13.2 Å². The molecule has 0 aliphatic rings. The van der Waals surface area contributed by atoms with Gasteiger partial charge in [-0.3, -0.25) is 0 Å². The van der Waals surface area contributed by atoms with Crippen molar-refractivity contribution in [1.29, 1.82) is 0 Å². The number of aliphatic hydroxyl groups excluding tert-OH is 1. The lowest BCUT2D eigenvalue weighted by Crippen LogP contribution is -2.38. The molecular formula is C10H12F3NO3. The molecule has 0 saturated carbocycles. The highest BCUT2D eigenvalue weighted by molar-refractivity contribution is 5.40. The Hall–Kier alpha value is -1.47. The lowest BCUT2D eigenvalue weighted by Gasteiger charge is -2.19. The van der Waals surface area contributed by atoms with Crippen LogP contribution in [0.3, 0.4) is 0 Å². The maximum atomic E-state index is 12.2. The first-order chi connectivity index (χ1) is 7.71. The first-order valence-corrected chi connectivity index (χ1v) is 4.74. The predicted molar refractivity (Wildman–Crippen MR) is 53.4 cm³/mol. The number of hydrogen-bond donors (Lipinski definition) is 4. The van der Waals surface area contributed by atoms with Gasteiger partial charge in [0.2, 0.25) is 0 Å². The minimum absolute atomic E-state index is 0.109. The van der Waals surface area contributed by atoms with Crippen LogP contribution in [0, 0.1) is 0 Å². The Balaban J connectivity index is 2.80. The SMILES string of the molecule is N[C@@H](C[C@H](O)c1ccc(O)cc1O)C(F)(F)F. The third kappa shape index (κ3) is 3.50. The Morgan fingerprint density at radius 2 is 1.82 bits per heavy atom. The van der Waals surface area contributed by atoms with Gasteiger partial charge in [-0.15, -0.1) is 0 Å². The monoisotopic (exact) mass is 251 g/mol. The zero-order valence-electron chi connectivity index (χ0n) is 8.65. The smallest absolute Gasteiger partial charge is 0.403 e. The zero-order chi connectivity index (χ0) is 13.2. The van der Waals surface area contributed by atoms with Gasteiger partial charge in [0, 0.05) is 18.1 Å². The van der Waals surface area contributed by atoms with Crippen LogP contribution in [0.2, 0.25) is 0 Å². The van der Waals surface area contributed by atoms with E-state index in [-0.39, 0.29) is 11.3 Å². The summed E-state index contributed by atoms with van der Waals surface area (Å²) in [5, 5.41) is 27.8. The average molecular weight is 251 g/mol. The van der Waals surface area contributed by atoms with E-state index in [0.717, 1.165) is 18.2 Å². The molecule has 0 aliphatic heterocycles. The first kappa shape index (κ1) is 13.6. The van der Waals surface area contributed by atoms with Crippen LogP contribution in [-0.2, 0) is 0 Å². The Morgan fingerprint density at radius 3 is 2.29 bits per heavy atom. The highest BCUT2D eigenvalue weighted by Crippen LogP contribution is 2.32. The van der Waals surface area contributed by atoms with Crippen LogP contribution in [0.25, 0.3) is 0 Å². The highest BCUT2D eigenvalue weighted by Gasteiger charge is 2.38. The number of phenols is 2. The largest absolute Gasteiger partial charge is 0.508 e. The Labute approximate surface area is 95.1 Å². The summed E-state index contributed by atoms with van der Waals surface area (Å²) in [4.78, 5) is 0. The molecule has 0 bridgehead atoms. The standard InChI is InChI=1S/C10H12F3NO3/c11-10(12,13)9(14)4-8(17)6-2-1-5(15)3-7(6)16/h1-3,8-9,15-17H,4,14H2/t8-,9-/m0/s1. The molecule has 0 saturated heterocycles. The van der Waals surface area contributed by atoms with Gasteiger partial charge in [0.1, 0.15) is 17.5 Å². The maximum absolute atomic E-state index is 12.2. The molecule has 1 aromatic carbocycles. The van der Waals surface area contributed by atoms with E-state index in [1.54, 1.807) is 0 Å². The molecule has 96 valence electrons. The molecule has 4 nitrogen and oxygen atoms in total. The van der Waals surface area contributed by atoms with Crippen molar-refractivity contribution in [1.82, 2.24) is 0 Å². The minimum atomic E-state index is -4.60. The van der Waals surface area contributed by atoms with E-state index < -0.39 is 30.5 Å². The van der Waals surface area contributed by atoms with Gasteiger partial charge in [-0.2, -0.15) is 13.2 Å². The Kier molecular flexibility index (Phi) is 3.84. The van der Waals surface area contributed by atoms with Crippen molar-refractivity contribution in [2.24, 2.45) is 5.73 Å². The molecule has 0 spiro atoms. The van der Waals surface area contributed by atoms with Gasteiger partial charge in [0.15, 0.2) is 0 Å². The molecule has 17 heavy (non-hydrogen) atoms. The summed E-state index contributed by atoms with van der Waals surface area (Å²) in [6.07, 6.45) is -6.91. The molecule has 0 radical (unpaired) electrons. The van der Waals surface area contributed by atoms with Gasteiger partial charge in [0.05, 0.1) is 6.10 Å². The summed E-state index contributed by atoms with van der Waals surface area (Å²) >= 11 is 0. The average Bonchev–Trinajstić information content (AvgIpc) is 2.15.